The molecule has 2 heterocycles. The monoisotopic (exact) mass is 303 g/mol. The highest BCUT2D eigenvalue weighted by Gasteiger charge is 2.12. The van der Waals surface area contributed by atoms with Gasteiger partial charge in [-0.2, -0.15) is 0 Å². The Labute approximate surface area is 126 Å². The second kappa shape index (κ2) is 5.26. The molecule has 3 aromatic rings. The fraction of sp³-hybridized carbons (Fsp3) is 0.200. The number of H-pyrrole nitrogens is 1. The van der Waals surface area contributed by atoms with E-state index >= 15 is 0 Å². The number of fused-ring (bicyclic) bond motifs is 1. The van der Waals surface area contributed by atoms with E-state index in [0.717, 1.165) is 27.9 Å². The molecule has 0 atom stereocenters. The molecule has 5 nitrogen and oxygen atoms in total. The number of aryl methyl sites for hydroxylation is 1. The highest BCUT2D eigenvalue weighted by molar-refractivity contribution is 6.34. The maximum atomic E-state index is 11.0. The minimum absolute atomic E-state index is 0.0670. The van der Waals surface area contributed by atoms with Crippen LogP contribution in [0.3, 0.4) is 0 Å². The van der Waals surface area contributed by atoms with Crippen molar-refractivity contribution in [2.24, 2.45) is 0 Å². The van der Waals surface area contributed by atoms with E-state index in [0.29, 0.717) is 17.5 Å². The van der Waals surface area contributed by atoms with Crippen molar-refractivity contribution in [2.45, 2.75) is 20.4 Å². The number of hydrogen-bond donors (Lipinski definition) is 2. The summed E-state index contributed by atoms with van der Waals surface area (Å²) in [6.07, 6.45) is 1.59. The summed E-state index contributed by atoms with van der Waals surface area (Å²) in [6.45, 7) is 3.80. The number of oxazole rings is 1. The van der Waals surface area contributed by atoms with Crippen molar-refractivity contribution < 1.29 is 9.21 Å². The quantitative estimate of drug-likeness (QED) is 0.779. The summed E-state index contributed by atoms with van der Waals surface area (Å²) in [5, 5.41) is 4.31. The Hall–Kier alpha value is -2.27. The first-order valence-electron chi connectivity index (χ1n) is 6.51. The zero-order valence-electron chi connectivity index (χ0n) is 11.7. The molecular formula is C15H14ClN3O2. The van der Waals surface area contributed by atoms with Crippen LogP contribution in [0.1, 0.15) is 18.3 Å². The van der Waals surface area contributed by atoms with E-state index in [1.165, 1.54) is 6.92 Å². The summed E-state index contributed by atoms with van der Waals surface area (Å²) in [7, 11) is 0. The van der Waals surface area contributed by atoms with Gasteiger partial charge in [-0.15, -0.1) is 0 Å². The molecule has 0 bridgehead atoms. The van der Waals surface area contributed by atoms with Gasteiger partial charge < -0.3 is 14.7 Å². The van der Waals surface area contributed by atoms with Gasteiger partial charge in [-0.3, -0.25) is 4.79 Å². The van der Waals surface area contributed by atoms with E-state index in [9.17, 15) is 4.79 Å². The number of aromatic amines is 1. The first kappa shape index (κ1) is 13.7. The minimum atomic E-state index is -0.0670. The van der Waals surface area contributed by atoms with Crippen LogP contribution in [0.25, 0.3) is 22.4 Å². The van der Waals surface area contributed by atoms with Crippen molar-refractivity contribution in [1.29, 1.82) is 0 Å². The fourth-order valence-electron chi connectivity index (χ4n) is 2.17. The molecule has 0 aliphatic carbocycles. The van der Waals surface area contributed by atoms with Crippen molar-refractivity contribution in [3.8, 4) is 11.5 Å². The number of rotatable bonds is 3. The first-order chi connectivity index (χ1) is 10.0. The predicted molar refractivity (Wildman–Crippen MR) is 81.1 cm³/mol. The molecule has 2 aromatic heterocycles. The van der Waals surface area contributed by atoms with Gasteiger partial charge in [-0.05, 0) is 25.1 Å². The highest BCUT2D eigenvalue weighted by atomic mass is 35.5. The maximum absolute atomic E-state index is 11.0. The summed E-state index contributed by atoms with van der Waals surface area (Å²) in [5.74, 6) is 0.431. The van der Waals surface area contributed by atoms with E-state index in [1.807, 2.05) is 25.1 Å². The Morgan fingerprint density at radius 1 is 1.43 bits per heavy atom. The van der Waals surface area contributed by atoms with Crippen LogP contribution in [0.2, 0.25) is 5.02 Å². The number of aromatic nitrogens is 2. The van der Waals surface area contributed by atoms with Crippen LogP contribution in [0.15, 0.2) is 28.9 Å². The number of halogens is 1. The minimum Gasteiger partial charge on any atom is -0.444 e. The predicted octanol–water partition coefficient (Wildman–Crippen LogP) is 3.42. The lowest BCUT2D eigenvalue weighted by atomic mass is 10.1. The molecular weight excluding hydrogens is 290 g/mol. The molecule has 6 heteroatoms. The molecule has 0 fully saturated rings. The van der Waals surface area contributed by atoms with Gasteiger partial charge in [0.15, 0.2) is 0 Å². The van der Waals surface area contributed by atoms with Crippen LogP contribution < -0.4 is 5.32 Å². The van der Waals surface area contributed by atoms with E-state index < -0.39 is 0 Å². The van der Waals surface area contributed by atoms with Crippen molar-refractivity contribution in [3.63, 3.8) is 0 Å². The van der Waals surface area contributed by atoms with E-state index in [1.54, 1.807) is 6.26 Å². The molecule has 0 radical (unpaired) electrons. The summed E-state index contributed by atoms with van der Waals surface area (Å²) < 4.78 is 5.40. The molecule has 0 aliphatic rings. The third-order valence-electron chi connectivity index (χ3n) is 3.14. The summed E-state index contributed by atoms with van der Waals surface area (Å²) >= 11 is 6.30. The molecule has 0 spiro atoms. The summed E-state index contributed by atoms with van der Waals surface area (Å²) in [4.78, 5) is 18.5. The van der Waals surface area contributed by atoms with Crippen LogP contribution in [-0.2, 0) is 11.3 Å². The zero-order chi connectivity index (χ0) is 15.0. The zero-order valence-corrected chi connectivity index (χ0v) is 12.4. The number of carbonyl (C=O) groups is 1. The lowest BCUT2D eigenvalue weighted by Crippen LogP contribution is -2.18. The van der Waals surface area contributed by atoms with Crippen LogP contribution in [0.4, 0.5) is 0 Å². The highest BCUT2D eigenvalue weighted by Crippen LogP contribution is 2.31. The normalized spacial score (nSPS) is 11.0. The smallest absolute Gasteiger partial charge is 0.227 e. The lowest BCUT2D eigenvalue weighted by molar-refractivity contribution is -0.119. The third kappa shape index (κ3) is 2.78. The number of hydrogen-bond acceptors (Lipinski definition) is 3. The van der Waals surface area contributed by atoms with Crippen molar-refractivity contribution in [3.05, 3.63) is 40.9 Å². The second-order valence-corrected chi connectivity index (χ2v) is 5.32. The van der Waals surface area contributed by atoms with Gasteiger partial charge in [-0.1, -0.05) is 11.6 Å². The molecule has 21 heavy (non-hydrogen) atoms. The molecule has 108 valence electrons. The van der Waals surface area contributed by atoms with Crippen LogP contribution in [-0.4, -0.2) is 15.9 Å². The van der Waals surface area contributed by atoms with Gasteiger partial charge in [0.05, 0.1) is 22.8 Å². The van der Waals surface area contributed by atoms with Crippen LogP contribution >= 0.6 is 11.6 Å². The Morgan fingerprint density at radius 3 is 2.90 bits per heavy atom. The van der Waals surface area contributed by atoms with Crippen molar-refractivity contribution >= 4 is 28.4 Å². The number of nitrogens with one attached hydrogen (secondary N) is 2. The Kier molecular flexibility index (Phi) is 3.43. The summed E-state index contributed by atoms with van der Waals surface area (Å²) in [6, 6.07) is 5.72. The standard InChI is InChI=1S/C15H14ClN3O2/c1-8-7-21-15(18-8)12-5-14-10(4-13(12)16)3-11(19-14)6-17-9(2)20/h3-5,7,19H,6H2,1-2H3,(H,17,20). The number of benzene rings is 1. The second-order valence-electron chi connectivity index (χ2n) is 4.92. The molecule has 0 unspecified atom stereocenters. The topological polar surface area (TPSA) is 70.9 Å². The lowest BCUT2D eigenvalue weighted by Gasteiger charge is -2.00. The molecule has 1 aromatic carbocycles. The average molecular weight is 304 g/mol. The van der Waals surface area contributed by atoms with E-state index in [2.05, 4.69) is 15.3 Å². The molecule has 2 N–H and O–H groups in total. The summed E-state index contributed by atoms with van der Waals surface area (Å²) in [5.41, 5.74) is 3.38. The fourth-order valence-corrected chi connectivity index (χ4v) is 2.42. The average Bonchev–Trinajstić information content (AvgIpc) is 3.01. The Morgan fingerprint density at radius 2 is 2.24 bits per heavy atom. The van der Waals surface area contributed by atoms with Crippen molar-refractivity contribution in [1.82, 2.24) is 15.3 Å². The number of nitrogens with zero attached hydrogens (tertiary/aromatic N) is 1. The number of amides is 1. The Balaban J connectivity index is 2.00. The first-order valence-corrected chi connectivity index (χ1v) is 6.89. The van der Waals surface area contributed by atoms with Gasteiger partial charge in [-0.25, -0.2) is 4.98 Å². The van der Waals surface area contributed by atoms with Crippen molar-refractivity contribution in [2.75, 3.05) is 0 Å². The van der Waals surface area contributed by atoms with Gasteiger partial charge in [0.25, 0.3) is 0 Å². The third-order valence-corrected chi connectivity index (χ3v) is 3.45. The van der Waals surface area contributed by atoms with Gasteiger partial charge in [0, 0.05) is 23.5 Å². The van der Waals surface area contributed by atoms with Crippen LogP contribution in [0.5, 0.6) is 0 Å². The molecule has 0 saturated carbocycles. The molecule has 3 rings (SSSR count). The van der Waals surface area contributed by atoms with Gasteiger partial charge >= 0.3 is 0 Å². The van der Waals surface area contributed by atoms with E-state index in [-0.39, 0.29) is 5.91 Å². The largest absolute Gasteiger partial charge is 0.444 e. The molecule has 0 aliphatic heterocycles. The number of carbonyl (C=O) groups excluding carboxylic acids is 1. The molecule has 0 saturated heterocycles. The Bertz CT molecular complexity index is 820. The van der Waals surface area contributed by atoms with Crippen LogP contribution in [0, 0.1) is 6.92 Å². The van der Waals surface area contributed by atoms with Gasteiger partial charge in [0.1, 0.15) is 6.26 Å². The maximum Gasteiger partial charge on any atom is 0.227 e. The van der Waals surface area contributed by atoms with E-state index in [4.69, 9.17) is 16.0 Å². The SMILES string of the molecule is CC(=O)NCc1cc2cc(Cl)c(-c3nc(C)co3)cc2[nH]1. The molecule has 1 amide bonds. The van der Waals surface area contributed by atoms with Gasteiger partial charge in [0.2, 0.25) is 11.8 Å².